The smallest absolute Gasteiger partial charge is 0.0925 e. The van der Waals surface area contributed by atoms with Crippen LogP contribution in [-0.4, -0.2) is 5.11 Å². The van der Waals surface area contributed by atoms with Crippen molar-refractivity contribution in [3.05, 3.63) is 23.5 Å². The van der Waals surface area contributed by atoms with Crippen LogP contribution in [0.4, 0.5) is 0 Å². The van der Waals surface area contributed by atoms with Crippen LogP contribution in [0.2, 0.25) is 0 Å². The molecule has 0 spiro atoms. The molecule has 0 amide bonds. The van der Waals surface area contributed by atoms with E-state index >= 15 is 0 Å². The van der Waals surface area contributed by atoms with Crippen LogP contribution in [0.25, 0.3) is 0 Å². The summed E-state index contributed by atoms with van der Waals surface area (Å²) in [5, 5.41) is 9.07. The number of hydrogen-bond acceptors (Lipinski definition) is 1. The van der Waals surface area contributed by atoms with Gasteiger partial charge in [-0.05, 0) is 25.3 Å². The third-order valence-electron chi connectivity index (χ3n) is 2.07. The van der Waals surface area contributed by atoms with Crippen molar-refractivity contribution in [2.24, 2.45) is 0 Å². The Bertz CT molecular complexity index is 189. The molecule has 1 aliphatic rings. The fraction of sp³-hybridized carbons (Fsp3) is 0.692. The second-order valence-electron chi connectivity index (χ2n) is 3.79. The molecule has 1 rings (SSSR count). The molecule has 0 aromatic carbocycles. The summed E-state index contributed by atoms with van der Waals surface area (Å²) in [6.45, 7) is 6.46. The van der Waals surface area contributed by atoms with Crippen LogP contribution in [-0.2, 0) is 0 Å². The van der Waals surface area contributed by atoms with Gasteiger partial charge in [0.1, 0.15) is 0 Å². The lowest BCUT2D eigenvalue weighted by atomic mass is 9.99. The molecule has 0 unspecified atom stereocenters. The third kappa shape index (κ3) is 6.76. The van der Waals surface area contributed by atoms with Crippen molar-refractivity contribution < 1.29 is 5.11 Å². The zero-order valence-corrected chi connectivity index (χ0v) is 9.84. The van der Waals surface area contributed by atoms with Gasteiger partial charge in [-0.2, -0.15) is 0 Å². The first-order valence-electron chi connectivity index (χ1n) is 5.82. The second-order valence-corrected chi connectivity index (χ2v) is 3.79. The minimum absolute atomic E-state index is 0.533. The van der Waals surface area contributed by atoms with E-state index in [1.807, 2.05) is 6.08 Å². The first-order valence-corrected chi connectivity index (χ1v) is 5.82. The molecule has 1 heteroatoms. The van der Waals surface area contributed by atoms with Gasteiger partial charge in [-0.3, -0.25) is 0 Å². The van der Waals surface area contributed by atoms with Crippen LogP contribution in [0, 0.1) is 0 Å². The lowest BCUT2D eigenvalue weighted by Crippen LogP contribution is -1.92. The molecule has 0 fully saturated rings. The Kier molecular flexibility index (Phi) is 8.40. The van der Waals surface area contributed by atoms with Gasteiger partial charge >= 0.3 is 0 Å². The summed E-state index contributed by atoms with van der Waals surface area (Å²) in [6.07, 6.45) is 10.8. The average Bonchev–Trinajstić information content (AvgIpc) is 2.18. The number of unbranched alkanes of at least 4 members (excludes halogenated alkanes) is 1. The van der Waals surface area contributed by atoms with Crippen molar-refractivity contribution in [2.45, 2.75) is 59.3 Å². The van der Waals surface area contributed by atoms with Crippen molar-refractivity contribution in [3.8, 4) is 0 Å². The van der Waals surface area contributed by atoms with E-state index in [1.165, 1.54) is 31.3 Å². The van der Waals surface area contributed by atoms with E-state index < -0.39 is 0 Å². The summed E-state index contributed by atoms with van der Waals surface area (Å²) in [4.78, 5) is 0. The van der Waals surface area contributed by atoms with Crippen LogP contribution >= 0.6 is 0 Å². The zero-order valence-electron chi connectivity index (χ0n) is 9.84. The lowest BCUT2D eigenvalue weighted by molar-refractivity contribution is 0.384. The molecule has 0 saturated heterocycles. The van der Waals surface area contributed by atoms with Crippen LogP contribution in [0.15, 0.2) is 23.5 Å². The molecule has 0 aromatic rings. The van der Waals surface area contributed by atoms with Gasteiger partial charge in [0.25, 0.3) is 0 Å². The van der Waals surface area contributed by atoms with E-state index in [-0.39, 0.29) is 0 Å². The molecule has 14 heavy (non-hydrogen) atoms. The molecule has 1 aliphatic carbocycles. The Morgan fingerprint density at radius 2 is 1.79 bits per heavy atom. The maximum absolute atomic E-state index is 9.07. The van der Waals surface area contributed by atoms with Crippen molar-refractivity contribution in [1.82, 2.24) is 0 Å². The first-order chi connectivity index (χ1) is 6.74. The highest BCUT2D eigenvalue weighted by molar-refractivity contribution is 5.20. The molecule has 1 N–H and O–H groups in total. The van der Waals surface area contributed by atoms with Crippen molar-refractivity contribution in [1.29, 1.82) is 0 Å². The van der Waals surface area contributed by atoms with Crippen molar-refractivity contribution in [2.75, 3.05) is 0 Å². The largest absolute Gasteiger partial charge is 0.512 e. The van der Waals surface area contributed by atoms with Gasteiger partial charge < -0.3 is 5.11 Å². The predicted molar refractivity (Wildman–Crippen MR) is 63.5 cm³/mol. The SMILES string of the molecule is CCC.CCCCC1=CC=C(O)CC1. The number of allylic oxidation sites excluding steroid dienone is 4. The Labute approximate surface area is 88.5 Å². The predicted octanol–water partition coefficient (Wildman–Crippen LogP) is 4.76. The normalized spacial score (nSPS) is 15.1. The molecule has 0 atom stereocenters. The van der Waals surface area contributed by atoms with E-state index in [0.29, 0.717) is 5.76 Å². The van der Waals surface area contributed by atoms with E-state index in [1.54, 1.807) is 0 Å². The van der Waals surface area contributed by atoms with Gasteiger partial charge in [0.2, 0.25) is 0 Å². The summed E-state index contributed by atoms with van der Waals surface area (Å²) in [7, 11) is 0. The second kappa shape index (κ2) is 8.86. The standard InChI is InChI=1S/C10H16O.C3H8/c1-2-3-4-9-5-7-10(11)8-6-9;1-3-2/h5,7,11H,2-4,6,8H2,1H3;3H2,1-2H3. The number of aliphatic hydroxyl groups is 1. The summed E-state index contributed by atoms with van der Waals surface area (Å²) in [5.41, 5.74) is 1.49. The topological polar surface area (TPSA) is 20.2 Å². The molecule has 1 nitrogen and oxygen atoms in total. The molecule has 0 aromatic heterocycles. The van der Waals surface area contributed by atoms with Crippen LogP contribution in [0.1, 0.15) is 59.3 Å². The summed E-state index contributed by atoms with van der Waals surface area (Å²) in [6, 6.07) is 0. The Morgan fingerprint density at radius 3 is 2.21 bits per heavy atom. The molecule has 0 heterocycles. The highest BCUT2D eigenvalue weighted by atomic mass is 16.3. The van der Waals surface area contributed by atoms with Gasteiger partial charge in [-0.15, -0.1) is 0 Å². The Balaban J connectivity index is 0.000000500. The minimum atomic E-state index is 0.533. The van der Waals surface area contributed by atoms with Crippen LogP contribution in [0.5, 0.6) is 0 Å². The van der Waals surface area contributed by atoms with Crippen LogP contribution < -0.4 is 0 Å². The molecule has 0 saturated carbocycles. The highest BCUT2D eigenvalue weighted by Gasteiger charge is 2.03. The van der Waals surface area contributed by atoms with Gasteiger partial charge in [0.05, 0.1) is 5.76 Å². The van der Waals surface area contributed by atoms with Gasteiger partial charge in [0.15, 0.2) is 0 Å². The third-order valence-corrected chi connectivity index (χ3v) is 2.07. The maximum Gasteiger partial charge on any atom is 0.0925 e. The molecule has 82 valence electrons. The molecular formula is C13H24O. The minimum Gasteiger partial charge on any atom is -0.512 e. The first kappa shape index (κ1) is 13.3. The zero-order chi connectivity index (χ0) is 10.8. The van der Waals surface area contributed by atoms with E-state index in [9.17, 15) is 0 Å². The van der Waals surface area contributed by atoms with Gasteiger partial charge in [0, 0.05) is 6.42 Å². The fourth-order valence-corrected chi connectivity index (χ4v) is 1.28. The highest BCUT2D eigenvalue weighted by Crippen LogP contribution is 2.20. The van der Waals surface area contributed by atoms with Crippen LogP contribution in [0.3, 0.4) is 0 Å². The molecule has 0 radical (unpaired) electrons. The summed E-state index contributed by atoms with van der Waals surface area (Å²) < 4.78 is 0. The number of rotatable bonds is 3. The van der Waals surface area contributed by atoms with Gasteiger partial charge in [-0.1, -0.05) is 45.3 Å². The Morgan fingerprint density at radius 1 is 1.14 bits per heavy atom. The fourth-order valence-electron chi connectivity index (χ4n) is 1.28. The van der Waals surface area contributed by atoms with E-state index in [4.69, 9.17) is 5.11 Å². The summed E-state index contributed by atoms with van der Waals surface area (Å²) in [5.74, 6) is 0.533. The van der Waals surface area contributed by atoms with Crippen molar-refractivity contribution in [3.63, 3.8) is 0 Å². The number of hydrogen-bond donors (Lipinski definition) is 1. The van der Waals surface area contributed by atoms with E-state index in [0.717, 1.165) is 12.8 Å². The molecule has 0 aliphatic heterocycles. The monoisotopic (exact) mass is 196 g/mol. The lowest BCUT2D eigenvalue weighted by Gasteiger charge is -2.09. The maximum atomic E-state index is 9.07. The molecule has 0 bridgehead atoms. The van der Waals surface area contributed by atoms with Gasteiger partial charge in [-0.25, -0.2) is 0 Å². The van der Waals surface area contributed by atoms with E-state index in [2.05, 4.69) is 26.8 Å². The Hall–Kier alpha value is -0.720. The average molecular weight is 196 g/mol. The quantitative estimate of drug-likeness (QED) is 0.690. The number of aliphatic hydroxyl groups excluding tert-OH is 1. The molecular weight excluding hydrogens is 172 g/mol. The summed E-state index contributed by atoms with van der Waals surface area (Å²) >= 11 is 0. The van der Waals surface area contributed by atoms with Crippen molar-refractivity contribution >= 4 is 0 Å².